The van der Waals surface area contributed by atoms with Gasteiger partial charge in [0.2, 0.25) is 29.6 Å². The van der Waals surface area contributed by atoms with Gasteiger partial charge in [-0.2, -0.15) is 14.4 Å². The van der Waals surface area contributed by atoms with Crippen molar-refractivity contribution in [1.29, 1.82) is 0 Å². The number of halogens is 1. The number of rotatable bonds is 5. The van der Waals surface area contributed by atoms with Gasteiger partial charge in [0, 0.05) is 25.9 Å². The van der Waals surface area contributed by atoms with Gasteiger partial charge in [-0.1, -0.05) is 26.8 Å². The number of pyridine rings is 1. The van der Waals surface area contributed by atoms with Crippen LogP contribution in [-0.2, 0) is 17.8 Å². The Bertz CT molecular complexity index is 888. The van der Waals surface area contributed by atoms with Crippen LogP contribution in [0.15, 0.2) is 12.1 Å². The monoisotopic (exact) mass is 403 g/mol. The van der Waals surface area contributed by atoms with Crippen molar-refractivity contribution in [1.82, 2.24) is 15.0 Å². The molecule has 0 aromatic carbocycles. The Labute approximate surface area is 169 Å². The van der Waals surface area contributed by atoms with Crippen molar-refractivity contribution in [2.45, 2.75) is 40.2 Å². The lowest BCUT2D eigenvalue weighted by atomic mass is 9.92. The molecule has 0 fully saturated rings. The van der Waals surface area contributed by atoms with Crippen molar-refractivity contribution in [3.8, 4) is 11.8 Å². The third-order valence-electron chi connectivity index (χ3n) is 4.47. The smallest absolute Gasteiger partial charge is 0.246 e. The predicted molar refractivity (Wildman–Crippen MR) is 107 cm³/mol. The van der Waals surface area contributed by atoms with Crippen molar-refractivity contribution < 1.29 is 18.7 Å². The third kappa shape index (κ3) is 4.90. The maximum Gasteiger partial charge on any atom is 0.246 e. The second kappa shape index (κ2) is 8.18. The summed E-state index contributed by atoms with van der Waals surface area (Å²) in [5.74, 6) is 0.189. The molecule has 8 nitrogen and oxygen atoms in total. The van der Waals surface area contributed by atoms with E-state index in [1.54, 1.807) is 6.07 Å². The number of nitrogens with one attached hydrogen (secondary N) is 1. The third-order valence-corrected chi connectivity index (χ3v) is 4.47. The number of anilines is 2. The van der Waals surface area contributed by atoms with Gasteiger partial charge in [-0.15, -0.1) is 0 Å². The van der Waals surface area contributed by atoms with Gasteiger partial charge in [-0.05, 0) is 17.0 Å². The van der Waals surface area contributed by atoms with Crippen LogP contribution in [0.4, 0.5) is 16.0 Å². The van der Waals surface area contributed by atoms with Gasteiger partial charge in [-0.25, -0.2) is 4.98 Å². The average molecular weight is 403 g/mol. The molecule has 3 heterocycles. The minimum atomic E-state index is -0.480. The summed E-state index contributed by atoms with van der Waals surface area (Å²) in [5, 5.41) is 2.81. The summed E-state index contributed by atoms with van der Waals surface area (Å²) in [7, 11) is 2.95. The van der Waals surface area contributed by atoms with Crippen molar-refractivity contribution in [3.63, 3.8) is 0 Å². The van der Waals surface area contributed by atoms with Crippen LogP contribution in [0, 0.1) is 11.4 Å². The summed E-state index contributed by atoms with van der Waals surface area (Å²) in [6.45, 7) is 7.01. The largest absolute Gasteiger partial charge is 0.479 e. The minimum Gasteiger partial charge on any atom is -0.479 e. The van der Waals surface area contributed by atoms with E-state index < -0.39 is 5.95 Å². The fourth-order valence-electron chi connectivity index (χ4n) is 3.18. The lowest BCUT2D eigenvalue weighted by Crippen LogP contribution is -2.32. The Hall–Kier alpha value is -2.97. The number of amides is 1. The molecule has 156 valence electrons. The van der Waals surface area contributed by atoms with Crippen molar-refractivity contribution >= 4 is 17.5 Å². The molecule has 0 atom stereocenters. The van der Waals surface area contributed by atoms with Gasteiger partial charge in [-0.3, -0.25) is 4.79 Å². The summed E-state index contributed by atoms with van der Waals surface area (Å²) >= 11 is 0. The molecule has 29 heavy (non-hydrogen) atoms. The first-order valence-corrected chi connectivity index (χ1v) is 9.39. The molecule has 1 aliphatic heterocycles. The highest BCUT2D eigenvalue weighted by atomic mass is 19.1. The Balaban J connectivity index is 1.88. The predicted octanol–water partition coefficient (Wildman–Crippen LogP) is 2.97. The van der Waals surface area contributed by atoms with E-state index in [9.17, 15) is 9.18 Å². The number of hydrogen-bond acceptors (Lipinski definition) is 7. The molecule has 3 rings (SSSR count). The molecule has 0 saturated carbocycles. The number of aromatic nitrogens is 3. The Morgan fingerprint density at radius 3 is 2.41 bits per heavy atom. The van der Waals surface area contributed by atoms with Gasteiger partial charge < -0.3 is 19.7 Å². The van der Waals surface area contributed by atoms with Crippen molar-refractivity contribution in [2.24, 2.45) is 5.41 Å². The molecule has 0 saturated heterocycles. The summed E-state index contributed by atoms with van der Waals surface area (Å²) in [4.78, 5) is 27.2. The van der Waals surface area contributed by atoms with Crippen LogP contribution in [0.25, 0.3) is 0 Å². The van der Waals surface area contributed by atoms with E-state index >= 15 is 0 Å². The van der Waals surface area contributed by atoms with Crippen molar-refractivity contribution in [2.75, 3.05) is 31.0 Å². The molecule has 0 bridgehead atoms. The van der Waals surface area contributed by atoms with Crippen LogP contribution in [0.3, 0.4) is 0 Å². The normalized spacial score (nSPS) is 13.7. The summed E-state index contributed by atoms with van der Waals surface area (Å²) < 4.78 is 24.1. The summed E-state index contributed by atoms with van der Waals surface area (Å²) in [6.07, 6.45) is 0.901. The lowest BCUT2D eigenvalue weighted by Gasteiger charge is -2.29. The van der Waals surface area contributed by atoms with Crippen LogP contribution < -0.4 is 19.7 Å². The second-order valence-corrected chi connectivity index (χ2v) is 8.11. The van der Waals surface area contributed by atoms with Gasteiger partial charge in [0.25, 0.3) is 0 Å². The van der Waals surface area contributed by atoms with Crippen LogP contribution in [0.2, 0.25) is 0 Å². The van der Waals surface area contributed by atoms with E-state index in [-0.39, 0.29) is 23.1 Å². The number of hydrogen-bond donors (Lipinski definition) is 1. The van der Waals surface area contributed by atoms with Crippen LogP contribution in [0.1, 0.15) is 38.4 Å². The first-order chi connectivity index (χ1) is 13.7. The molecule has 0 aliphatic carbocycles. The Morgan fingerprint density at radius 1 is 1.17 bits per heavy atom. The van der Waals surface area contributed by atoms with Gasteiger partial charge in [0.15, 0.2) is 5.69 Å². The first-order valence-electron chi connectivity index (χ1n) is 9.39. The molecule has 0 radical (unpaired) electrons. The highest BCUT2D eigenvalue weighted by Crippen LogP contribution is 2.35. The molecule has 9 heteroatoms. The van der Waals surface area contributed by atoms with E-state index in [0.717, 1.165) is 11.3 Å². The molecular weight excluding hydrogens is 377 g/mol. The SMILES string of the molecule is COc1nc(N2CCc3nc(F)ccc3C2)nc(OC)c1NC(=O)CC(C)(C)C. The van der Waals surface area contributed by atoms with Crippen LogP contribution in [0.5, 0.6) is 11.8 Å². The van der Waals surface area contributed by atoms with Crippen molar-refractivity contribution in [3.05, 3.63) is 29.3 Å². The van der Waals surface area contributed by atoms with Crippen LogP contribution >= 0.6 is 0 Å². The number of methoxy groups -OCH3 is 2. The molecule has 2 aromatic rings. The average Bonchev–Trinajstić information content (AvgIpc) is 2.66. The molecule has 1 aliphatic rings. The maximum atomic E-state index is 13.3. The fraction of sp³-hybridized carbons (Fsp3) is 0.500. The number of carbonyl (C=O) groups excluding carboxylic acids is 1. The van der Waals surface area contributed by atoms with Gasteiger partial charge in [0.05, 0.1) is 19.9 Å². The number of fused-ring (bicyclic) bond motifs is 1. The molecule has 0 unspecified atom stereocenters. The summed E-state index contributed by atoms with van der Waals surface area (Å²) in [5.41, 5.74) is 1.79. The van der Waals surface area contributed by atoms with E-state index in [0.29, 0.717) is 37.6 Å². The number of ether oxygens (including phenoxy) is 2. The van der Waals surface area contributed by atoms with E-state index in [2.05, 4.69) is 20.3 Å². The van der Waals surface area contributed by atoms with E-state index in [1.807, 2.05) is 25.7 Å². The standard InChI is InChI=1S/C20H26FN5O3/c1-20(2,3)10-15(27)23-16-17(28-4)24-19(25-18(16)29-5)26-9-8-13-12(11-26)6-7-14(21)22-13/h6-7H,8-11H2,1-5H3,(H,23,27). The molecule has 2 aromatic heterocycles. The minimum absolute atomic E-state index is 0.167. The second-order valence-electron chi connectivity index (χ2n) is 8.11. The summed E-state index contributed by atoms with van der Waals surface area (Å²) in [6, 6.07) is 3.07. The first kappa shape index (κ1) is 20.8. The molecule has 1 N–H and O–H groups in total. The van der Waals surface area contributed by atoms with E-state index in [1.165, 1.54) is 20.3 Å². The zero-order valence-electron chi connectivity index (χ0n) is 17.4. The molecule has 0 spiro atoms. The van der Waals surface area contributed by atoms with Crippen LogP contribution in [-0.4, -0.2) is 41.6 Å². The van der Waals surface area contributed by atoms with E-state index in [4.69, 9.17) is 9.47 Å². The Kier molecular flexibility index (Phi) is 5.86. The highest BCUT2D eigenvalue weighted by Gasteiger charge is 2.25. The molecule has 1 amide bonds. The topological polar surface area (TPSA) is 89.5 Å². The number of carbonyl (C=O) groups is 1. The highest BCUT2D eigenvalue weighted by molar-refractivity contribution is 5.93. The lowest BCUT2D eigenvalue weighted by molar-refractivity contribution is -0.117. The Morgan fingerprint density at radius 2 is 1.83 bits per heavy atom. The number of nitrogens with zero attached hydrogens (tertiary/aromatic N) is 4. The molecular formula is C20H26FN5O3. The zero-order chi connectivity index (χ0) is 21.2. The van der Waals surface area contributed by atoms with Gasteiger partial charge in [0.1, 0.15) is 0 Å². The quantitative estimate of drug-likeness (QED) is 0.768. The maximum absolute atomic E-state index is 13.3. The fourth-order valence-corrected chi connectivity index (χ4v) is 3.18. The van der Waals surface area contributed by atoms with Gasteiger partial charge >= 0.3 is 0 Å². The zero-order valence-corrected chi connectivity index (χ0v) is 17.4.